The van der Waals surface area contributed by atoms with Gasteiger partial charge in [0.2, 0.25) is 15.8 Å². The van der Waals surface area contributed by atoms with Crippen LogP contribution in [0.4, 0.5) is 29.1 Å². The Balaban J connectivity index is 2.06. The molecule has 142 valence electrons. The molecule has 0 bridgehead atoms. The fourth-order valence-corrected chi connectivity index (χ4v) is 3.03. The predicted octanol–water partition coefficient (Wildman–Crippen LogP) is 3.44. The number of halogens is 4. The van der Waals surface area contributed by atoms with E-state index in [1.807, 2.05) is 0 Å². The third-order valence-electron chi connectivity index (χ3n) is 3.61. The van der Waals surface area contributed by atoms with E-state index in [1.54, 1.807) is 0 Å². The van der Waals surface area contributed by atoms with Crippen molar-refractivity contribution in [3.05, 3.63) is 54.1 Å². The number of anilines is 2. The average molecular weight is 400 g/mol. The van der Waals surface area contributed by atoms with Gasteiger partial charge in [-0.3, -0.25) is 0 Å². The van der Waals surface area contributed by atoms with Crippen molar-refractivity contribution in [2.75, 3.05) is 12.4 Å². The SMILES string of the molecule is CNS(=O)(=O)c1ccc(Nc2nc(C(F)(F)F)nc3cc(F)ccc23)cc1. The molecule has 0 aliphatic heterocycles. The van der Waals surface area contributed by atoms with Crippen molar-refractivity contribution in [1.29, 1.82) is 0 Å². The number of aromatic nitrogens is 2. The van der Waals surface area contributed by atoms with Gasteiger partial charge in [0, 0.05) is 17.1 Å². The molecule has 0 atom stereocenters. The maximum Gasteiger partial charge on any atom is 0.451 e. The van der Waals surface area contributed by atoms with Crippen molar-refractivity contribution in [3.8, 4) is 0 Å². The zero-order chi connectivity index (χ0) is 19.8. The van der Waals surface area contributed by atoms with Crippen LogP contribution in [0.5, 0.6) is 0 Å². The van der Waals surface area contributed by atoms with Crippen molar-refractivity contribution >= 4 is 32.4 Å². The third-order valence-corrected chi connectivity index (χ3v) is 5.04. The standard InChI is InChI=1S/C16H12F4N4O2S/c1-21-27(25,26)11-5-3-10(4-6-11)22-14-12-7-2-9(17)8-13(12)23-15(24-14)16(18,19)20/h2-8,21H,1H3,(H,22,23,24). The van der Waals surface area contributed by atoms with Crippen molar-refractivity contribution in [2.45, 2.75) is 11.1 Å². The highest BCUT2D eigenvalue weighted by Gasteiger charge is 2.35. The Morgan fingerprint density at radius 3 is 2.26 bits per heavy atom. The minimum absolute atomic E-state index is 0.0128. The van der Waals surface area contributed by atoms with Gasteiger partial charge < -0.3 is 5.32 Å². The maximum atomic E-state index is 13.4. The Bertz CT molecular complexity index is 1100. The summed E-state index contributed by atoms with van der Waals surface area (Å²) in [6, 6.07) is 8.51. The topological polar surface area (TPSA) is 84.0 Å². The summed E-state index contributed by atoms with van der Waals surface area (Å²) in [5.74, 6) is -2.34. The number of hydrogen-bond donors (Lipinski definition) is 2. The number of rotatable bonds is 4. The first-order valence-corrected chi connectivity index (χ1v) is 8.93. The summed E-state index contributed by atoms with van der Waals surface area (Å²) in [4.78, 5) is 6.83. The Morgan fingerprint density at radius 2 is 1.67 bits per heavy atom. The minimum atomic E-state index is -4.82. The smallest absolute Gasteiger partial charge is 0.340 e. The predicted molar refractivity (Wildman–Crippen MR) is 90.5 cm³/mol. The van der Waals surface area contributed by atoms with E-state index in [0.717, 1.165) is 12.1 Å². The first kappa shape index (κ1) is 19.0. The van der Waals surface area contributed by atoms with Crippen molar-refractivity contribution in [1.82, 2.24) is 14.7 Å². The molecule has 3 aromatic rings. The van der Waals surface area contributed by atoms with E-state index < -0.39 is 27.8 Å². The molecule has 27 heavy (non-hydrogen) atoms. The summed E-state index contributed by atoms with van der Waals surface area (Å²) >= 11 is 0. The molecule has 0 amide bonds. The Hall–Kier alpha value is -2.79. The van der Waals surface area contributed by atoms with E-state index in [4.69, 9.17) is 0 Å². The molecule has 0 aliphatic rings. The first-order chi connectivity index (χ1) is 12.6. The molecular weight excluding hydrogens is 388 g/mol. The molecule has 2 aromatic carbocycles. The van der Waals surface area contributed by atoms with E-state index >= 15 is 0 Å². The van der Waals surface area contributed by atoms with E-state index in [1.165, 1.54) is 37.4 Å². The van der Waals surface area contributed by atoms with Gasteiger partial charge in [-0.25, -0.2) is 27.5 Å². The molecule has 0 spiro atoms. The Kier molecular flexibility index (Phi) is 4.74. The van der Waals surface area contributed by atoms with Crippen LogP contribution in [0.3, 0.4) is 0 Å². The van der Waals surface area contributed by atoms with Crippen LogP contribution in [-0.2, 0) is 16.2 Å². The van der Waals surface area contributed by atoms with Crippen LogP contribution < -0.4 is 10.0 Å². The summed E-state index contributed by atoms with van der Waals surface area (Å²) < 4.78 is 78.1. The van der Waals surface area contributed by atoms with Crippen molar-refractivity contribution in [2.24, 2.45) is 0 Å². The second kappa shape index (κ2) is 6.74. The molecule has 0 fully saturated rings. The molecular formula is C16H12F4N4O2S. The summed E-state index contributed by atoms with van der Waals surface area (Å²) in [6.07, 6.45) is -4.82. The van der Waals surface area contributed by atoms with Gasteiger partial charge >= 0.3 is 6.18 Å². The number of nitrogens with zero attached hydrogens (tertiary/aromatic N) is 2. The number of hydrogen-bond acceptors (Lipinski definition) is 5. The van der Waals surface area contributed by atoms with E-state index in [9.17, 15) is 26.0 Å². The zero-order valence-corrected chi connectivity index (χ0v) is 14.5. The summed E-state index contributed by atoms with van der Waals surface area (Å²) in [6.45, 7) is 0. The molecule has 0 saturated carbocycles. The molecule has 0 radical (unpaired) electrons. The maximum absolute atomic E-state index is 13.4. The monoisotopic (exact) mass is 400 g/mol. The highest BCUT2D eigenvalue weighted by atomic mass is 32.2. The first-order valence-electron chi connectivity index (χ1n) is 7.45. The molecule has 3 rings (SSSR count). The zero-order valence-electron chi connectivity index (χ0n) is 13.7. The van der Waals surface area contributed by atoms with Gasteiger partial charge in [-0.05, 0) is 43.4 Å². The molecule has 0 saturated heterocycles. The number of fused-ring (bicyclic) bond motifs is 1. The highest BCUT2D eigenvalue weighted by Crippen LogP contribution is 2.31. The molecule has 1 heterocycles. The largest absolute Gasteiger partial charge is 0.451 e. The van der Waals surface area contributed by atoms with Gasteiger partial charge in [-0.2, -0.15) is 13.2 Å². The average Bonchev–Trinajstić information content (AvgIpc) is 2.61. The van der Waals surface area contributed by atoms with Crippen LogP contribution in [0.15, 0.2) is 47.4 Å². The van der Waals surface area contributed by atoms with Gasteiger partial charge in [0.1, 0.15) is 11.6 Å². The Morgan fingerprint density at radius 1 is 1.00 bits per heavy atom. The third kappa shape index (κ3) is 3.98. The van der Waals surface area contributed by atoms with Gasteiger partial charge in [-0.15, -0.1) is 0 Å². The number of alkyl halides is 3. The fraction of sp³-hybridized carbons (Fsp3) is 0.125. The molecule has 0 aliphatic carbocycles. The van der Waals surface area contributed by atoms with Crippen LogP contribution in [0.2, 0.25) is 0 Å². The normalized spacial score (nSPS) is 12.3. The second-order valence-electron chi connectivity index (χ2n) is 5.41. The van der Waals surface area contributed by atoms with Crippen LogP contribution in [0.25, 0.3) is 10.9 Å². The Labute approximate surface area is 151 Å². The molecule has 1 aromatic heterocycles. The number of benzene rings is 2. The highest BCUT2D eigenvalue weighted by molar-refractivity contribution is 7.89. The lowest BCUT2D eigenvalue weighted by Gasteiger charge is -2.13. The van der Waals surface area contributed by atoms with E-state index in [2.05, 4.69) is 20.0 Å². The quantitative estimate of drug-likeness (QED) is 0.656. The van der Waals surface area contributed by atoms with Crippen molar-refractivity contribution < 1.29 is 26.0 Å². The summed E-state index contributed by atoms with van der Waals surface area (Å²) in [7, 11) is -2.39. The van der Waals surface area contributed by atoms with Crippen LogP contribution in [0.1, 0.15) is 5.82 Å². The molecule has 2 N–H and O–H groups in total. The molecule has 6 nitrogen and oxygen atoms in total. The lowest BCUT2D eigenvalue weighted by Crippen LogP contribution is -2.18. The lowest BCUT2D eigenvalue weighted by atomic mass is 10.2. The number of nitrogens with one attached hydrogen (secondary N) is 2. The van der Waals surface area contributed by atoms with Gasteiger partial charge in [0.15, 0.2) is 0 Å². The van der Waals surface area contributed by atoms with Gasteiger partial charge in [0.25, 0.3) is 0 Å². The lowest BCUT2D eigenvalue weighted by molar-refractivity contribution is -0.144. The number of sulfonamides is 1. The minimum Gasteiger partial charge on any atom is -0.340 e. The molecule has 11 heteroatoms. The second-order valence-corrected chi connectivity index (χ2v) is 7.30. The van der Waals surface area contributed by atoms with Crippen LogP contribution in [-0.4, -0.2) is 25.4 Å². The summed E-state index contributed by atoms with van der Waals surface area (Å²) in [5, 5.41) is 2.86. The fourth-order valence-electron chi connectivity index (χ4n) is 2.30. The summed E-state index contributed by atoms with van der Waals surface area (Å²) in [5.41, 5.74) is 0.0803. The van der Waals surface area contributed by atoms with Crippen molar-refractivity contribution in [3.63, 3.8) is 0 Å². The van der Waals surface area contributed by atoms with Crippen LogP contribution >= 0.6 is 0 Å². The molecule has 0 unspecified atom stereocenters. The van der Waals surface area contributed by atoms with Gasteiger partial charge in [0.05, 0.1) is 10.4 Å². The van der Waals surface area contributed by atoms with Gasteiger partial charge in [-0.1, -0.05) is 0 Å². The van der Waals surface area contributed by atoms with E-state index in [0.29, 0.717) is 5.69 Å². The van der Waals surface area contributed by atoms with Crippen LogP contribution in [0, 0.1) is 5.82 Å². The van der Waals surface area contributed by atoms with E-state index in [-0.39, 0.29) is 21.6 Å².